The summed E-state index contributed by atoms with van der Waals surface area (Å²) in [6, 6.07) is 0. The van der Waals surface area contributed by atoms with Gasteiger partial charge in [0.25, 0.3) is 5.56 Å². The van der Waals surface area contributed by atoms with Crippen LogP contribution in [0.2, 0.25) is 0 Å². The minimum Gasteiger partial charge on any atom is -0.379 e. The molecule has 1 saturated heterocycles. The molecule has 0 radical (unpaired) electrons. The molecule has 28 heavy (non-hydrogen) atoms. The van der Waals surface area contributed by atoms with Crippen molar-refractivity contribution in [3.63, 3.8) is 0 Å². The van der Waals surface area contributed by atoms with E-state index in [1.165, 1.54) is 9.13 Å². The molecule has 4 heterocycles. The van der Waals surface area contributed by atoms with Gasteiger partial charge in [-0.3, -0.25) is 23.2 Å². The molecule has 1 aliphatic heterocycles. The number of rotatable bonds is 6. The van der Waals surface area contributed by atoms with Gasteiger partial charge in [0, 0.05) is 51.7 Å². The van der Waals surface area contributed by atoms with E-state index in [-0.39, 0.29) is 11.2 Å². The summed E-state index contributed by atoms with van der Waals surface area (Å²) >= 11 is 0. The van der Waals surface area contributed by atoms with Gasteiger partial charge in [0.2, 0.25) is 5.78 Å². The predicted octanol–water partition coefficient (Wildman–Crippen LogP) is 0.590. The Hall–Kier alpha value is -2.39. The highest BCUT2D eigenvalue weighted by Crippen LogP contribution is 2.16. The first-order valence-corrected chi connectivity index (χ1v) is 10.0. The van der Waals surface area contributed by atoms with Crippen LogP contribution in [0.1, 0.15) is 25.5 Å². The highest BCUT2D eigenvalue weighted by Gasteiger charge is 2.20. The van der Waals surface area contributed by atoms with E-state index >= 15 is 0 Å². The Labute approximate surface area is 162 Å². The van der Waals surface area contributed by atoms with E-state index in [9.17, 15) is 9.59 Å². The molecule has 0 aliphatic carbocycles. The Morgan fingerprint density at radius 1 is 1.11 bits per heavy atom. The quantitative estimate of drug-likeness (QED) is 0.618. The third-order valence-electron chi connectivity index (χ3n) is 5.62. The van der Waals surface area contributed by atoms with Crippen molar-refractivity contribution in [2.45, 2.75) is 39.8 Å². The molecule has 9 nitrogen and oxygen atoms in total. The van der Waals surface area contributed by atoms with Crippen LogP contribution in [-0.4, -0.2) is 60.8 Å². The fourth-order valence-electron chi connectivity index (χ4n) is 3.91. The van der Waals surface area contributed by atoms with Crippen molar-refractivity contribution >= 4 is 16.9 Å². The lowest BCUT2D eigenvalue weighted by Gasteiger charge is -2.26. The standard InChI is InChI=1S/C19H28N6O3/c1-4-5-6-24-17(26)15-16(21(3)19(24)27)20-18-23(14(2)13-25(15)18)8-7-22-9-11-28-12-10-22/h13H,4-12H2,1-3H3. The molecule has 4 rings (SSSR count). The first-order chi connectivity index (χ1) is 13.5. The van der Waals surface area contributed by atoms with Crippen molar-refractivity contribution in [3.8, 4) is 0 Å². The first-order valence-electron chi connectivity index (χ1n) is 10.0. The van der Waals surface area contributed by atoms with Gasteiger partial charge in [-0.1, -0.05) is 13.3 Å². The average molecular weight is 388 g/mol. The number of nitrogens with zero attached hydrogens (tertiary/aromatic N) is 6. The van der Waals surface area contributed by atoms with Gasteiger partial charge in [0.15, 0.2) is 11.2 Å². The normalized spacial score (nSPS) is 15.8. The first kappa shape index (κ1) is 18.9. The van der Waals surface area contributed by atoms with Crippen LogP contribution in [-0.2, 0) is 24.9 Å². The van der Waals surface area contributed by atoms with Crippen molar-refractivity contribution in [1.82, 2.24) is 28.0 Å². The summed E-state index contributed by atoms with van der Waals surface area (Å²) in [4.78, 5) is 32.8. The molecule has 0 N–H and O–H groups in total. The highest BCUT2D eigenvalue weighted by molar-refractivity contribution is 5.75. The molecule has 0 atom stereocenters. The Balaban J connectivity index is 1.79. The second-order valence-corrected chi connectivity index (χ2v) is 7.48. The summed E-state index contributed by atoms with van der Waals surface area (Å²) in [7, 11) is 1.68. The number of ether oxygens (including phenoxy) is 1. The smallest absolute Gasteiger partial charge is 0.332 e. The van der Waals surface area contributed by atoms with E-state index in [1.807, 2.05) is 24.4 Å². The minimum absolute atomic E-state index is 0.260. The maximum absolute atomic E-state index is 13.1. The van der Waals surface area contributed by atoms with Gasteiger partial charge in [-0.2, -0.15) is 4.98 Å². The molecule has 0 bridgehead atoms. The summed E-state index contributed by atoms with van der Waals surface area (Å²) in [5, 5.41) is 0. The lowest BCUT2D eigenvalue weighted by molar-refractivity contribution is 0.0364. The number of morpholine rings is 1. The van der Waals surface area contributed by atoms with Gasteiger partial charge in [-0.25, -0.2) is 4.79 Å². The van der Waals surface area contributed by atoms with Gasteiger partial charge in [0.05, 0.1) is 13.2 Å². The van der Waals surface area contributed by atoms with Gasteiger partial charge in [0.1, 0.15) is 0 Å². The molecule has 0 unspecified atom stereocenters. The second-order valence-electron chi connectivity index (χ2n) is 7.48. The number of hydrogen-bond acceptors (Lipinski definition) is 5. The Morgan fingerprint density at radius 3 is 2.57 bits per heavy atom. The lowest BCUT2D eigenvalue weighted by Crippen LogP contribution is -2.39. The molecule has 3 aromatic rings. The fourth-order valence-corrected chi connectivity index (χ4v) is 3.91. The van der Waals surface area contributed by atoms with E-state index in [4.69, 9.17) is 4.74 Å². The summed E-state index contributed by atoms with van der Waals surface area (Å²) in [5.41, 5.74) is 1.40. The van der Waals surface area contributed by atoms with Crippen molar-refractivity contribution < 1.29 is 4.74 Å². The maximum Gasteiger partial charge on any atom is 0.332 e. The molecule has 3 aromatic heterocycles. The number of aromatic nitrogens is 5. The predicted molar refractivity (Wildman–Crippen MR) is 107 cm³/mol. The average Bonchev–Trinajstić information content (AvgIpc) is 3.20. The topological polar surface area (TPSA) is 78.7 Å². The molecule has 0 aromatic carbocycles. The van der Waals surface area contributed by atoms with Gasteiger partial charge in [-0.05, 0) is 13.3 Å². The minimum atomic E-state index is -0.303. The van der Waals surface area contributed by atoms with Gasteiger partial charge < -0.3 is 9.30 Å². The Bertz CT molecular complexity index is 1110. The van der Waals surface area contributed by atoms with Crippen LogP contribution < -0.4 is 11.2 Å². The van der Waals surface area contributed by atoms with E-state index in [0.29, 0.717) is 23.5 Å². The number of hydrogen-bond donors (Lipinski definition) is 0. The van der Waals surface area contributed by atoms with Crippen molar-refractivity contribution in [2.75, 3.05) is 32.8 Å². The molecule has 1 fully saturated rings. The molecule has 0 saturated carbocycles. The number of aryl methyl sites for hydroxylation is 2. The third-order valence-corrected chi connectivity index (χ3v) is 5.62. The van der Waals surface area contributed by atoms with Crippen molar-refractivity contribution in [3.05, 3.63) is 32.7 Å². The second kappa shape index (κ2) is 7.56. The van der Waals surface area contributed by atoms with E-state index in [0.717, 1.165) is 57.9 Å². The molecule has 0 amide bonds. The summed E-state index contributed by atoms with van der Waals surface area (Å²) < 4.78 is 12.2. The molecule has 9 heteroatoms. The third kappa shape index (κ3) is 3.08. The van der Waals surface area contributed by atoms with Crippen LogP contribution in [0.3, 0.4) is 0 Å². The highest BCUT2D eigenvalue weighted by atomic mass is 16.5. The van der Waals surface area contributed by atoms with Gasteiger partial charge >= 0.3 is 5.69 Å². The van der Waals surface area contributed by atoms with E-state index in [2.05, 4.69) is 14.5 Å². The van der Waals surface area contributed by atoms with E-state index < -0.39 is 0 Å². The molecular weight excluding hydrogens is 360 g/mol. The molecule has 0 spiro atoms. The van der Waals surface area contributed by atoms with Crippen LogP contribution in [0.5, 0.6) is 0 Å². The van der Waals surface area contributed by atoms with Crippen LogP contribution in [0, 0.1) is 6.92 Å². The largest absolute Gasteiger partial charge is 0.379 e. The van der Waals surface area contributed by atoms with Crippen LogP contribution in [0.4, 0.5) is 0 Å². The lowest BCUT2D eigenvalue weighted by atomic mass is 10.3. The fraction of sp³-hybridized carbons (Fsp3) is 0.632. The number of imidazole rings is 2. The summed E-state index contributed by atoms with van der Waals surface area (Å²) in [6.07, 6.45) is 3.66. The van der Waals surface area contributed by atoms with Crippen LogP contribution >= 0.6 is 0 Å². The maximum atomic E-state index is 13.1. The monoisotopic (exact) mass is 388 g/mol. The van der Waals surface area contributed by atoms with Gasteiger partial charge in [-0.15, -0.1) is 0 Å². The van der Waals surface area contributed by atoms with Crippen molar-refractivity contribution in [1.29, 1.82) is 0 Å². The van der Waals surface area contributed by atoms with Crippen LogP contribution in [0.25, 0.3) is 16.9 Å². The van der Waals surface area contributed by atoms with Crippen molar-refractivity contribution in [2.24, 2.45) is 7.05 Å². The zero-order chi connectivity index (χ0) is 19.8. The molecular formula is C19H28N6O3. The van der Waals surface area contributed by atoms with Crippen LogP contribution in [0.15, 0.2) is 15.8 Å². The molecule has 152 valence electrons. The SMILES string of the molecule is CCCCn1c(=O)c2c(nc3n(CCN4CCOCC4)c(C)cn23)n(C)c1=O. The Kier molecular flexibility index (Phi) is 5.11. The van der Waals surface area contributed by atoms with E-state index in [1.54, 1.807) is 7.05 Å². The molecule has 1 aliphatic rings. The zero-order valence-electron chi connectivity index (χ0n) is 16.8. The summed E-state index contributed by atoms with van der Waals surface area (Å²) in [6.45, 7) is 9.59. The number of fused-ring (bicyclic) bond motifs is 3. The Morgan fingerprint density at radius 2 is 1.86 bits per heavy atom. The zero-order valence-corrected chi connectivity index (χ0v) is 16.8. The summed E-state index contributed by atoms with van der Waals surface area (Å²) in [5.74, 6) is 0.709. The number of unbranched alkanes of at least 4 members (excludes halogenated alkanes) is 1.